The summed E-state index contributed by atoms with van der Waals surface area (Å²) < 4.78 is 0. The van der Waals surface area contributed by atoms with Crippen LogP contribution in [-0.4, -0.2) is 12.0 Å². The van der Waals surface area contributed by atoms with E-state index in [1.54, 1.807) is 0 Å². The monoisotopic (exact) mass is 251 g/mol. The Morgan fingerprint density at radius 1 is 0.895 bits per heavy atom. The lowest BCUT2D eigenvalue weighted by Gasteiger charge is -2.29. The van der Waals surface area contributed by atoms with Crippen molar-refractivity contribution in [2.75, 3.05) is 0 Å². The van der Waals surface area contributed by atoms with E-state index in [0.29, 0.717) is 0 Å². The fraction of sp³-hybridized carbons (Fsp3) is 0.188. The highest BCUT2D eigenvalue weighted by atomic mass is 15.3. The molecule has 0 radical (unpaired) electrons. The first-order chi connectivity index (χ1) is 9.33. The Morgan fingerprint density at radius 2 is 1.53 bits per heavy atom. The number of nitrogens with zero attached hydrogens (tertiary/aromatic N) is 1. The van der Waals surface area contributed by atoms with Gasteiger partial charge in [0.05, 0.1) is 6.17 Å². The molecule has 1 aliphatic heterocycles. The van der Waals surface area contributed by atoms with Gasteiger partial charge in [0.2, 0.25) is 0 Å². The molecule has 19 heavy (non-hydrogen) atoms. The Morgan fingerprint density at radius 3 is 2.21 bits per heavy atom. The van der Waals surface area contributed by atoms with Crippen molar-refractivity contribution >= 4 is 5.84 Å². The van der Waals surface area contributed by atoms with E-state index in [2.05, 4.69) is 41.8 Å². The average Bonchev–Trinajstić information content (AvgIpc) is 2.48. The number of aliphatic imine (C=N–C) groups is 1. The van der Waals surface area contributed by atoms with Crippen molar-refractivity contribution in [1.29, 1.82) is 0 Å². The predicted octanol–water partition coefficient (Wildman–Crippen LogP) is 2.67. The van der Waals surface area contributed by atoms with Gasteiger partial charge in [-0.3, -0.25) is 5.32 Å². The number of rotatable bonds is 2. The zero-order valence-corrected chi connectivity index (χ0v) is 10.9. The third-order valence-corrected chi connectivity index (χ3v) is 3.18. The van der Waals surface area contributed by atoms with Crippen molar-refractivity contribution in [2.24, 2.45) is 4.99 Å². The minimum absolute atomic E-state index is 0.00709. The molecule has 0 aromatic heterocycles. The lowest BCUT2D eigenvalue weighted by atomic mass is 10.1. The standard InChI is InChI=1S/C16H17N3/c1-12-17-15(13-8-4-2-5-9-13)19-16(18-12)14-10-6-3-7-11-14/h2-12,15,17H,1H3,(H,18,19). The third kappa shape index (κ3) is 2.66. The molecular formula is C16H17N3. The Balaban J connectivity index is 1.95. The highest BCUT2D eigenvalue weighted by Crippen LogP contribution is 2.18. The quantitative estimate of drug-likeness (QED) is 0.861. The molecule has 2 aromatic rings. The van der Waals surface area contributed by atoms with Crippen molar-refractivity contribution in [2.45, 2.75) is 19.3 Å². The molecule has 0 aliphatic carbocycles. The summed E-state index contributed by atoms with van der Waals surface area (Å²) in [4.78, 5) is 4.77. The van der Waals surface area contributed by atoms with E-state index in [-0.39, 0.29) is 12.3 Å². The van der Waals surface area contributed by atoms with Crippen molar-refractivity contribution in [3.8, 4) is 0 Å². The summed E-state index contributed by atoms with van der Waals surface area (Å²) in [6.45, 7) is 2.10. The Hall–Kier alpha value is -2.13. The van der Waals surface area contributed by atoms with Crippen LogP contribution in [0, 0.1) is 0 Å². The summed E-state index contributed by atoms with van der Waals surface area (Å²) in [5.41, 5.74) is 2.31. The van der Waals surface area contributed by atoms with Crippen molar-refractivity contribution in [3.05, 3.63) is 71.8 Å². The molecule has 3 heteroatoms. The van der Waals surface area contributed by atoms with Gasteiger partial charge in [0, 0.05) is 5.56 Å². The van der Waals surface area contributed by atoms with Gasteiger partial charge in [-0.1, -0.05) is 60.7 Å². The minimum atomic E-state index is 0.00709. The molecule has 1 aliphatic rings. The topological polar surface area (TPSA) is 36.4 Å². The Kier molecular flexibility index (Phi) is 3.29. The molecule has 2 N–H and O–H groups in total. The maximum absolute atomic E-state index is 4.77. The van der Waals surface area contributed by atoms with E-state index in [0.717, 1.165) is 11.4 Å². The lowest BCUT2D eigenvalue weighted by molar-refractivity contribution is 0.422. The SMILES string of the molecule is CC1NC(c2ccccc2)=NC(c2ccccc2)N1. The molecule has 3 rings (SSSR count). The first kappa shape index (κ1) is 11.9. The first-order valence-electron chi connectivity index (χ1n) is 6.54. The van der Waals surface area contributed by atoms with Crippen LogP contribution in [0.4, 0.5) is 0 Å². The van der Waals surface area contributed by atoms with Crippen LogP contribution in [-0.2, 0) is 0 Å². The van der Waals surface area contributed by atoms with Gasteiger partial charge < -0.3 is 5.32 Å². The normalized spacial score (nSPS) is 22.5. The zero-order valence-electron chi connectivity index (χ0n) is 10.9. The van der Waals surface area contributed by atoms with Crippen LogP contribution >= 0.6 is 0 Å². The van der Waals surface area contributed by atoms with Gasteiger partial charge in [-0.25, -0.2) is 4.99 Å². The Bertz CT molecular complexity index is 563. The smallest absolute Gasteiger partial charge is 0.131 e. The van der Waals surface area contributed by atoms with E-state index in [1.165, 1.54) is 5.56 Å². The largest absolute Gasteiger partial charge is 0.355 e. The molecule has 2 unspecified atom stereocenters. The fourth-order valence-electron chi connectivity index (χ4n) is 2.25. The van der Waals surface area contributed by atoms with E-state index in [1.807, 2.05) is 36.4 Å². The minimum Gasteiger partial charge on any atom is -0.355 e. The van der Waals surface area contributed by atoms with Gasteiger partial charge in [-0.05, 0) is 12.5 Å². The van der Waals surface area contributed by atoms with Crippen LogP contribution in [0.15, 0.2) is 65.7 Å². The highest BCUT2D eigenvalue weighted by molar-refractivity contribution is 5.99. The molecule has 0 saturated heterocycles. The summed E-state index contributed by atoms with van der Waals surface area (Å²) in [7, 11) is 0. The molecule has 1 heterocycles. The van der Waals surface area contributed by atoms with Crippen LogP contribution in [0.3, 0.4) is 0 Å². The van der Waals surface area contributed by atoms with E-state index in [4.69, 9.17) is 4.99 Å². The molecular weight excluding hydrogens is 234 g/mol. The van der Waals surface area contributed by atoms with E-state index < -0.39 is 0 Å². The zero-order chi connectivity index (χ0) is 13.1. The molecule has 3 nitrogen and oxygen atoms in total. The number of hydrogen-bond donors (Lipinski definition) is 2. The van der Waals surface area contributed by atoms with Gasteiger partial charge in [-0.2, -0.15) is 0 Å². The summed E-state index contributed by atoms with van der Waals surface area (Å²) in [5.74, 6) is 0.945. The van der Waals surface area contributed by atoms with Crippen molar-refractivity contribution in [1.82, 2.24) is 10.6 Å². The highest BCUT2D eigenvalue weighted by Gasteiger charge is 2.20. The molecule has 0 bridgehead atoms. The number of amidine groups is 1. The second-order valence-corrected chi connectivity index (χ2v) is 4.69. The fourth-order valence-corrected chi connectivity index (χ4v) is 2.25. The summed E-state index contributed by atoms with van der Waals surface area (Å²) in [6.07, 6.45) is 0.200. The van der Waals surface area contributed by atoms with Crippen molar-refractivity contribution in [3.63, 3.8) is 0 Å². The van der Waals surface area contributed by atoms with Crippen LogP contribution < -0.4 is 10.6 Å². The number of hydrogen-bond acceptors (Lipinski definition) is 3. The lowest BCUT2D eigenvalue weighted by Crippen LogP contribution is -2.49. The molecule has 2 aromatic carbocycles. The van der Waals surface area contributed by atoms with Gasteiger partial charge in [0.25, 0.3) is 0 Å². The molecule has 96 valence electrons. The molecule has 0 spiro atoms. The molecule has 0 saturated carbocycles. The van der Waals surface area contributed by atoms with Gasteiger partial charge in [0.1, 0.15) is 12.0 Å². The summed E-state index contributed by atoms with van der Waals surface area (Å²) in [5, 5.41) is 6.80. The second kappa shape index (κ2) is 5.24. The summed E-state index contributed by atoms with van der Waals surface area (Å²) in [6, 6.07) is 20.5. The van der Waals surface area contributed by atoms with Crippen molar-refractivity contribution < 1.29 is 0 Å². The number of nitrogens with one attached hydrogen (secondary N) is 2. The van der Waals surface area contributed by atoms with Gasteiger partial charge in [0.15, 0.2) is 0 Å². The predicted molar refractivity (Wildman–Crippen MR) is 77.9 cm³/mol. The first-order valence-corrected chi connectivity index (χ1v) is 6.54. The third-order valence-electron chi connectivity index (χ3n) is 3.18. The maximum Gasteiger partial charge on any atom is 0.131 e. The average molecular weight is 251 g/mol. The number of benzene rings is 2. The van der Waals surface area contributed by atoms with Crippen LogP contribution in [0.25, 0.3) is 0 Å². The molecule has 2 atom stereocenters. The van der Waals surface area contributed by atoms with Crippen LogP contribution in [0.1, 0.15) is 24.2 Å². The maximum atomic E-state index is 4.77. The van der Waals surface area contributed by atoms with E-state index >= 15 is 0 Å². The molecule has 0 fully saturated rings. The molecule has 0 amide bonds. The second-order valence-electron chi connectivity index (χ2n) is 4.69. The van der Waals surface area contributed by atoms with E-state index in [9.17, 15) is 0 Å². The van der Waals surface area contributed by atoms with Gasteiger partial charge >= 0.3 is 0 Å². The van der Waals surface area contributed by atoms with Crippen LogP contribution in [0.2, 0.25) is 0 Å². The van der Waals surface area contributed by atoms with Crippen LogP contribution in [0.5, 0.6) is 0 Å². The van der Waals surface area contributed by atoms with Gasteiger partial charge in [-0.15, -0.1) is 0 Å². The Labute approximate surface area is 113 Å². The summed E-state index contributed by atoms with van der Waals surface area (Å²) >= 11 is 0.